The molecule has 0 saturated carbocycles. The summed E-state index contributed by atoms with van der Waals surface area (Å²) in [4.78, 5) is 4.21. The van der Waals surface area contributed by atoms with E-state index in [1.807, 2.05) is 6.20 Å². The molecule has 0 aliphatic rings. The molecule has 0 bridgehead atoms. The maximum atomic E-state index is 4.21. The summed E-state index contributed by atoms with van der Waals surface area (Å²) in [5.41, 5.74) is 2.54. The predicted molar refractivity (Wildman–Crippen MR) is 60.9 cm³/mol. The van der Waals surface area contributed by atoms with Gasteiger partial charge in [-0.15, -0.1) is 0 Å². The maximum Gasteiger partial charge on any atom is 0.155 e. The van der Waals surface area contributed by atoms with E-state index in [1.54, 1.807) is 10.8 Å². The molecule has 2 heterocycles. The van der Waals surface area contributed by atoms with E-state index in [0.717, 1.165) is 18.5 Å². The summed E-state index contributed by atoms with van der Waals surface area (Å²) < 4.78 is 1.80. The lowest BCUT2D eigenvalue weighted by Gasteiger charge is -2.27. The second-order valence-electron chi connectivity index (χ2n) is 4.25. The Morgan fingerprint density at radius 3 is 2.73 bits per heavy atom. The van der Waals surface area contributed by atoms with Gasteiger partial charge in [-0.05, 0) is 36.0 Å². The van der Waals surface area contributed by atoms with Crippen molar-refractivity contribution in [3.8, 4) is 0 Å². The average Bonchev–Trinajstić information content (AvgIpc) is 2.74. The van der Waals surface area contributed by atoms with Crippen molar-refractivity contribution in [2.45, 2.75) is 39.0 Å². The summed E-state index contributed by atoms with van der Waals surface area (Å²) >= 11 is 0. The Hall–Kier alpha value is -1.38. The zero-order valence-electron chi connectivity index (χ0n) is 9.57. The molecule has 0 aliphatic carbocycles. The molecule has 0 spiro atoms. The van der Waals surface area contributed by atoms with E-state index in [0.29, 0.717) is 0 Å². The topological polar surface area (TPSA) is 30.2 Å². The van der Waals surface area contributed by atoms with E-state index in [9.17, 15) is 0 Å². The number of hydrogen-bond donors (Lipinski definition) is 0. The molecule has 0 atom stereocenters. The molecule has 0 radical (unpaired) electrons. The lowest BCUT2D eigenvalue weighted by atomic mass is 9.78. The van der Waals surface area contributed by atoms with Crippen LogP contribution in [0, 0.1) is 0 Å². The Labute approximate surface area is 90.1 Å². The van der Waals surface area contributed by atoms with E-state index in [2.05, 4.69) is 43.0 Å². The van der Waals surface area contributed by atoms with Crippen molar-refractivity contribution in [2.24, 2.45) is 0 Å². The predicted octanol–water partition coefficient (Wildman–Crippen LogP) is 2.81. The van der Waals surface area contributed by atoms with Gasteiger partial charge in [-0.3, -0.25) is 0 Å². The van der Waals surface area contributed by atoms with Crippen molar-refractivity contribution >= 4 is 5.65 Å². The van der Waals surface area contributed by atoms with Crippen LogP contribution in [-0.2, 0) is 5.41 Å². The van der Waals surface area contributed by atoms with Gasteiger partial charge in [0.15, 0.2) is 5.65 Å². The third-order valence-electron chi connectivity index (χ3n) is 3.54. The fraction of sp³-hybridized carbons (Fsp3) is 0.500. The highest BCUT2D eigenvalue weighted by molar-refractivity contribution is 5.42. The molecule has 0 N–H and O–H groups in total. The van der Waals surface area contributed by atoms with Gasteiger partial charge in [-0.25, -0.2) is 9.50 Å². The molecule has 2 rings (SSSR count). The number of nitrogens with zero attached hydrogens (tertiary/aromatic N) is 3. The summed E-state index contributed by atoms with van der Waals surface area (Å²) in [5.74, 6) is 0. The van der Waals surface area contributed by atoms with Crippen LogP contribution in [0.2, 0.25) is 0 Å². The van der Waals surface area contributed by atoms with E-state index >= 15 is 0 Å². The van der Waals surface area contributed by atoms with Gasteiger partial charge in [0, 0.05) is 6.20 Å². The van der Waals surface area contributed by atoms with Crippen molar-refractivity contribution in [1.29, 1.82) is 0 Å². The molecule has 0 saturated heterocycles. The van der Waals surface area contributed by atoms with Gasteiger partial charge in [0.1, 0.15) is 6.33 Å². The minimum absolute atomic E-state index is 0.258. The SMILES string of the molecule is CCC(C)(CC)c1ccn2ncnc2c1. The summed E-state index contributed by atoms with van der Waals surface area (Å²) in [5, 5.41) is 4.10. The number of rotatable bonds is 3. The summed E-state index contributed by atoms with van der Waals surface area (Å²) in [6.07, 6.45) is 5.87. The Balaban J connectivity index is 2.51. The molecule has 3 nitrogen and oxygen atoms in total. The molecule has 2 aromatic heterocycles. The monoisotopic (exact) mass is 203 g/mol. The van der Waals surface area contributed by atoms with Crippen molar-refractivity contribution in [3.05, 3.63) is 30.2 Å². The number of pyridine rings is 1. The average molecular weight is 203 g/mol. The highest BCUT2D eigenvalue weighted by Gasteiger charge is 2.22. The largest absolute Gasteiger partial charge is 0.221 e. The Bertz CT molecular complexity index is 455. The molecular weight excluding hydrogens is 186 g/mol. The molecule has 0 aromatic carbocycles. The fourth-order valence-electron chi connectivity index (χ4n) is 1.85. The number of fused-ring (bicyclic) bond motifs is 1. The smallest absolute Gasteiger partial charge is 0.155 e. The fourth-order valence-corrected chi connectivity index (χ4v) is 1.85. The quantitative estimate of drug-likeness (QED) is 0.767. The van der Waals surface area contributed by atoms with Crippen LogP contribution in [0.3, 0.4) is 0 Å². The molecule has 3 heteroatoms. The van der Waals surface area contributed by atoms with Gasteiger partial charge < -0.3 is 0 Å². The second kappa shape index (κ2) is 3.65. The first-order valence-electron chi connectivity index (χ1n) is 5.49. The van der Waals surface area contributed by atoms with Crippen LogP contribution < -0.4 is 0 Å². The van der Waals surface area contributed by atoms with E-state index in [1.165, 1.54) is 5.56 Å². The normalized spacial score (nSPS) is 12.2. The van der Waals surface area contributed by atoms with Gasteiger partial charge in [-0.2, -0.15) is 5.10 Å². The highest BCUT2D eigenvalue weighted by atomic mass is 15.3. The Morgan fingerprint density at radius 1 is 1.33 bits per heavy atom. The Morgan fingerprint density at radius 2 is 2.07 bits per heavy atom. The number of hydrogen-bond acceptors (Lipinski definition) is 2. The molecular formula is C12H17N3. The zero-order valence-corrected chi connectivity index (χ0v) is 9.57. The minimum Gasteiger partial charge on any atom is -0.221 e. The molecule has 80 valence electrons. The summed E-state index contributed by atoms with van der Waals surface area (Å²) in [7, 11) is 0. The van der Waals surface area contributed by atoms with Crippen LogP contribution in [-0.4, -0.2) is 14.6 Å². The lowest BCUT2D eigenvalue weighted by molar-refractivity contribution is 0.438. The maximum absolute atomic E-state index is 4.21. The van der Waals surface area contributed by atoms with Crippen LogP contribution in [0.25, 0.3) is 5.65 Å². The zero-order chi connectivity index (χ0) is 10.9. The van der Waals surface area contributed by atoms with Crippen molar-refractivity contribution in [1.82, 2.24) is 14.6 Å². The Kier molecular flexibility index (Phi) is 2.47. The first-order chi connectivity index (χ1) is 7.19. The van der Waals surface area contributed by atoms with Crippen LogP contribution in [0.15, 0.2) is 24.7 Å². The molecule has 0 amide bonds. The second-order valence-corrected chi connectivity index (χ2v) is 4.25. The van der Waals surface area contributed by atoms with Crippen molar-refractivity contribution in [3.63, 3.8) is 0 Å². The lowest BCUT2D eigenvalue weighted by Crippen LogP contribution is -2.19. The first-order valence-corrected chi connectivity index (χ1v) is 5.49. The standard InChI is InChI=1S/C12H17N3/c1-4-12(3,5-2)10-6-7-15-11(8-10)13-9-14-15/h6-9H,4-5H2,1-3H3. The number of aromatic nitrogens is 3. The van der Waals surface area contributed by atoms with E-state index in [4.69, 9.17) is 0 Å². The first kappa shape index (κ1) is 10.1. The minimum atomic E-state index is 0.258. The summed E-state index contributed by atoms with van der Waals surface area (Å²) in [6.45, 7) is 6.77. The van der Waals surface area contributed by atoms with E-state index in [-0.39, 0.29) is 5.41 Å². The highest BCUT2D eigenvalue weighted by Crippen LogP contribution is 2.30. The van der Waals surface area contributed by atoms with Gasteiger partial charge in [-0.1, -0.05) is 20.8 Å². The van der Waals surface area contributed by atoms with Crippen LogP contribution in [0.4, 0.5) is 0 Å². The molecule has 15 heavy (non-hydrogen) atoms. The molecule has 2 aromatic rings. The molecule has 0 fully saturated rings. The van der Waals surface area contributed by atoms with Gasteiger partial charge in [0.2, 0.25) is 0 Å². The van der Waals surface area contributed by atoms with E-state index < -0.39 is 0 Å². The third kappa shape index (κ3) is 1.62. The van der Waals surface area contributed by atoms with Crippen molar-refractivity contribution in [2.75, 3.05) is 0 Å². The van der Waals surface area contributed by atoms with Crippen LogP contribution in [0.5, 0.6) is 0 Å². The van der Waals surface area contributed by atoms with Crippen molar-refractivity contribution < 1.29 is 0 Å². The summed E-state index contributed by atoms with van der Waals surface area (Å²) in [6, 6.07) is 4.29. The third-order valence-corrected chi connectivity index (χ3v) is 3.54. The van der Waals surface area contributed by atoms with Gasteiger partial charge >= 0.3 is 0 Å². The van der Waals surface area contributed by atoms with Gasteiger partial charge in [0.05, 0.1) is 0 Å². The van der Waals surface area contributed by atoms with Crippen LogP contribution in [0.1, 0.15) is 39.2 Å². The van der Waals surface area contributed by atoms with Gasteiger partial charge in [0.25, 0.3) is 0 Å². The molecule has 0 unspecified atom stereocenters. The molecule has 0 aliphatic heterocycles. The van der Waals surface area contributed by atoms with Crippen LogP contribution >= 0.6 is 0 Å².